The molecule has 0 bridgehead atoms. The van der Waals surface area contributed by atoms with Gasteiger partial charge in [-0.2, -0.15) is 0 Å². The van der Waals surface area contributed by atoms with Crippen molar-refractivity contribution in [3.05, 3.63) is 199 Å². The van der Waals surface area contributed by atoms with Crippen LogP contribution in [0.2, 0.25) is 0 Å². The van der Waals surface area contributed by atoms with Crippen LogP contribution in [0.15, 0.2) is 188 Å². The van der Waals surface area contributed by atoms with Crippen LogP contribution in [0.25, 0.3) is 55.3 Å². The van der Waals surface area contributed by atoms with Crippen molar-refractivity contribution in [1.29, 1.82) is 0 Å². The third-order valence-corrected chi connectivity index (χ3v) is 10.5. The van der Waals surface area contributed by atoms with Crippen LogP contribution in [0.5, 0.6) is 0 Å². The highest BCUT2D eigenvalue weighted by molar-refractivity contribution is 5.89. The van der Waals surface area contributed by atoms with E-state index < -0.39 is 0 Å². The van der Waals surface area contributed by atoms with E-state index >= 15 is 0 Å². The van der Waals surface area contributed by atoms with Gasteiger partial charge in [0.15, 0.2) is 0 Å². The first kappa shape index (κ1) is 29.9. The number of benzene rings is 8. The van der Waals surface area contributed by atoms with Gasteiger partial charge in [-0.1, -0.05) is 159 Å². The average Bonchev–Trinajstić information content (AvgIpc) is 3.41. The van der Waals surface area contributed by atoms with Crippen molar-refractivity contribution >= 4 is 27.8 Å². The molecule has 0 spiro atoms. The maximum Gasteiger partial charge on any atom is 0.0465 e. The number of nitrogens with zero attached hydrogens (tertiary/aromatic N) is 1. The fourth-order valence-corrected chi connectivity index (χ4v) is 7.74. The van der Waals surface area contributed by atoms with Gasteiger partial charge in [-0.25, -0.2) is 0 Å². The molecule has 9 rings (SSSR count). The van der Waals surface area contributed by atoms with Crippen LogP contribution in [0.3, 0.4) is 0 Å². The summed E-state index contributed by atoms with van der Waals surface area (Å²) in [5.41, 5.74) is 16.1. The lowest BCUT2D eigenvalue weighted by Gasteiger charge is -2.28. The summed E-state index contributed by atoms with van der Waals surface area (Å²) in [6.07, 6.45) is 0. The van der Waals surface area contributed by atoms with Crippen molar-refractivity contribution in [3.8, 4) is 44.5 Å². The predicted molar refractivity (Wildman–Crippen MR) is 213 cm³/mol. The number of fused-ring (bicyclic) bond motifs is 4. The first-order valence-electron chi connectivity index (χ1n) is 17.4. The lowest BCUT2D eigenvalue weighted by molar-refractivity contribution is 0.660. The van der Waals surface area contributed by atoms with E-state index in [1.807, 2.05) is 0 Å². The number of rotatable bonds is 6. The highest BCUT2D eigenvalue weighted by Gasteiger charge is 2.35. The molecule has 0 heterocycles. The molecule has 0 radical (unpaired) electrons. The Bertz CT molecular complexity index is 2470. The fourth-order valence-electron chi connectivity index (χ4n) is 7.74. The SMILES string of the molecule is CC1(C)c2ccccc2-c2ccc(N(c3ccc(-c4ccc(-c5ccccc5)cc4)cc3)c3ccc(-c4ccc5ccccc5c4)cc3)cc21. The Hall–Kier alpha value is -6.18. The Labute approximate surface area is 294 Å². The zero-order valence-electron chi connectivity index (χ0n) is 28.3. The summed E-state index contributed by atoms with van der Waals surface area (Å²) in [6.45, 7) is 4.70. The van der Waals surface area contributed by atoms with E-state index in [1.165, 1.54) is 66.4 Å². The highest BCUT2D eigenvalue weighted by Crippen LogP contribution is 2.50. The second kappa shape index (κ2) is 12.1. The quantitative estimate of drug-likeness (QED) is 0.175. The summed E-state index contributed by atoms with van der Waals surface area (Å²) >= 11 is 0. The lowest BCUT2D eigenvalue weighted by atomic mass is 9.82. The van der Waals surface area contributed by atoms with E-state index in [0.29, 0.717) is 0 Å². The van der Waals surface area contributed by atoms with Gasteiger partial charge in [0.1, 0.15) is 0 Å². The molecule has 0 unspecified atom stereocenters. The molecule has 0 atom stereocenters. The summed E-state index contributed by atoms with van der Waals surface area (Å²) in [4.78, 5) is 2.39. The van der Waals surface area contributed by atoms with Gasteiger partial charge in [0, 0.05) is 22.5 Å². The molecular weight excluding hydrogens is 603 g/mol. The summed E-state index contributed by atoms with van der Waals surface area (Å²) in [6, 6.07) is 68.6. The van der Waals surface area contributed by atoms with Crippen molar-refractivity contribution in [2.75, 3.05) is 4.90 Å². The second-order valence-corrected chi connectivity index (χ2v) is 13.8. The van der Waals surface area contributed by atoms with Crippen LogP contribution in [0, 0.1) is 0 Å². The number of hydrogen-bond donors (Lipinski definition) is 0. The monoisotopic (exact) mass is 639 g/mol. The van der Waals surface area contributed by atoms with Crippen molar-refractivity contribution in [2.45, 2.75) is 19.3 Å². The van der Waals surface area contributed by atoms with Gasteiger partial charge in [0.25, 0.3) is 0 Å². The predicted octanol–water partition coefficient (Wildman–Crippen LogP) is 13.6. The summed E-state index contributed by atoms with van der Waals surface area (Å²) in [7, 11) is 0. The fraction of sp³-hybridized carbons (Fsp3) is 0.0612. The molecule has 0 aliphatic heterocycles. The Kier molecular flexibility index (Phi) is 7.21. The van der Waals surface area contributed by atoms with Gasteiger partial charge in [0.2, 0.25) is 0 Å². The minimum absolute atomic E-state index is 0.0800. The zero-order valence-corrected chi connectivity index (χ0v) is 28.3. The van der Waals surface area contributed by atoms with E-state index in [1.54, 1.807) is 0 Å². The molecule has 50 heavy (non-hydrogen) atoms. The molecule has 8 aromatic carbocycles. The first-order valence-corrected chi connectivity index (χ1v) is 17.4. The maximum absolute atomic E-state index is 2.41. The summed E-state index contributed by atoms with van der Waals surface area (Å²) in [5, 5.41) is 2.52. The van der Waals surface area contributed by atoms with Crippen molar-refractivity contribution in [2.24, 2.45) is 0 Å². The smallest absolute Gasteiger partial charge is 0.0465 e. The van der Waals surface area contributed by atoms with Crippen LogP contribution >= 0.6 is 0 Å². The van der Waals surface area contributed by atoms with Crippen LogP contribution < -0.4 is 4.90 Å². The normalized spacial score (nSPS) is 12.8. The third kappa shape index (κ3) is 5.19. The van der Waals surface area contributed by atoms with E-state index in [9.17, 15) is 0 Å². The third-order valence-electron chi connectivity index (χ3n) is 10.5. The minimum Gasteiger partial charge on any atom is -0.310 e. The molecule has 0 amide bonds. The Balaban J connectivity index is 1.10. The molecule has 8 aromatic rings. The van der Waals surface area contributed by atoms with Gasteiger partial charge in [-0.15, -0.1) is 0 Å². The van der Waals surface area contributed by atoms with Crippen LogP contribution in [0.1, 0.15) is 25.0 Å². The van der Waals surface area contributed by atoms with Gasteiger partial charge < -0.3 is 4.90 Å². The van der Waals surface area contributed by atoms with Gasteiger partial charge in [0.05, 0.1) is 0 Å². The molecular formula is C49H37N. The maximum atomic E-state index is 2.41. The Morgan fingerprint density at radius 1 is 0.320 bits per heavy atom. The van der Waals surface area contributed by atoms with Crippen LogP contribution in [0.4, 0.5) is 17.1 Å². The molecule has 0 saturated carbocycles. The van der Waals surface area contributed by atoms with E-state index in [0.717, 1.165) is 17.1 Å². The van der Waals surface area contributed by atoms with Crippen LogP contribution in [-0.4, -0.2) is 0 Å². The number of anilines is 3. The van der Waals surface area contributed by atoms with Crippen molar-refractivity contribution in [1.82, 2.24) is 0 Å². The molecule has 0 N–H and O–H groups in total. The average molecular weight is 640 g/mol. The van der Waals surface area contributed by atoms with Gasteiger partial charge in [-0.3, -0.25) is 0 Å². The van der Waals surface area contributed by atoms with Crippen LogP contribution in [-0.2, 0) is 5.41 Å². The van der Waals surface area contributed by atoms with Gasteiger partial charge in [-0.05, 0) is 109 Å². The molecule has 0 aromatic heterocycles. The van der Waals surface area contributed by atoms with E-state index in [2.05, 4.69) is 207 Å². The zero-order chi connectivity index (χ0) is 33.7. The standard InChI is InChI=1S/C49H37N/c1-49(2)47-15-9-8-14-45(47)46-31-30-44(33-48(46)49)50(43-28-24-39(25-29-43)41-21-20-35-12-6-7-13-40(35)32-41)42-26-22-38(23-27-42)37-18-16-36(17-19-37)34-10-4-3-5-11-34/h3-33H,1-2H3. The van der Waals surface area contributed by atoms with E-state index in [4.69, 9.17) is 0 Å². The van der Waals surface area contributed by atoms with Crippen molar-refractivity contribution in [3.63, 3.8) is 0 Å². The minimum atomic E-state index is -0.0800. The molecule has 1 aliphatic rings. The summed E-state index contributed by atoms with van der Waals surface area (Å²) < 4.78 is 0. The highest BCUT2D eigenvalue weighted by atomic mass is 15.1. The molecule has 238 valence electrons. The first-order chi connectivity index (χ1) is 24.5. The van der Waals surface area contributed by atoms with E-state index in [-0.39, 0.29) is 5.41 Å². The van der Waals surface area contributed by atoms with Crippen molar-refractivity contribution < 1.29 is 0 Å². The summed E-state index contributed by atoms with van der Waals surface area (Å²) in [5.74, 6) is 0. The molecule has 0 fully saturated rings. The Morgan fingerprint density at radius 3 is 1.44 bits per heavy atom. The molecule has 1 nitrogen and oxygen atoms in total. The largest absolute Gasteiger partial charge is 0.310 e. The second-order valence-electron chi connectivity index (χ2n) is 13.8. The molecule has 1 aliphatic carbocycles. The molecule has 1 heteroatoms. The lowest BCUT2D eigenvalue weighted by Crippen LogP contribution is -2.16. The van der Waals surface area contributed by atoms with Gasteiger partial charge >= 0.3 is 0 Å². The topological polar surface area (TPSA) is 3.24 Å². The molecule has 0 saturated heterocycles. The Morgan fingerprint density at radius 2 is 0.780 bits per heavy atom. The number of hydrogen-bond acceptors (Lipinski definition) is 1.